The summed E-state index contributed by atoms with van der Waals surface area (Å²) >= 11 is 3.14. The van der Waals surface area contributed by atoms with Crippen molar-refractivity contribution in [2.45, 2.75) is 17.7 Å². The Balaban J connectivity index is 0.00000341. The molecule has 0 aliphatic heterocycles. The van der Waals surface area contributed by atoms with Crippen LogP contribution in [0.4, 0.5) is 9.52 Å². The van der Waals surface area contributed by atoms with Crippen LogP contribution >= 0.6 is 35.5 Å². The third kappa shape index (κ3) is 7.35. The van der Waals surface area contributed by atoms with Crippen LogP contribution in [-0.2, 0) is 4.79 Å². The summed E-state index contributed by atoms with van der Waals surface area (Å²) in [7, 11) is 5.62. The van der Waals surface area contributed by atoms with Gasteiger partial charge in [0.2, 0.25) is 5.91 Å². The van der Waals surface area contributed by atoms with Gasteiger partial charge < -0.3 is 9.64 Å². The van der Waals surface area contributed by atoms with Gasteiger partial charge in [0.15, 0.2) is 5.13 Å². The third-order valence-electron chi connectivity index (χ3n) is 4.50. The first-order valence-electron chi connectivity index (χ1n) is 9.74. The number of carbonyl (C=O) groups excluding carboxylic acids is 1. The number of nitrogens with zero attached hydrogens (tertiary/aromatic N) is 3. The van der Waals surface area contributed by atoms with Gasteiger partial charge in [0.1, 0.15) is 11.6 Å². The highest BCUT2D eigenvalue weighted by Crippen LogP contribution is 2.32. The molecule has 0 aliphatic carbocycles. The van der Waals surface area contributed by atoms with E-state index in [4.69, 9.17) is 4.74 Å². The van der Waals surface area contributed by atoms with Crippen LogP contribution in [0.5, 0.6) is 5.75 Å². The number of fused-ring (bicyclic) bond motifs is 1. The van der Waals surface area contributed by atoms with Crippen molar-refractivity contribution < 1.29 is 13.9 Å². The first-order valence-corrected chi connectivity index (χ1v) is 11.5. The number of amides is 1. The number of thioether (sulfide) groups is 1. The second-order valence-corrected chi connectivity index (χ2v) is 9.26. The van der Waals surface area contributed by atoms with Gasteiger partial charge in [-0.25, -0.2) is 9.37 Å². The molecular weight excluding hydrogens is 457 g/mol. The summed E-state index contributed by atoms with van der Waals surface area (Å²) in [6.07, 6.45) is 1.19. The van der Waals surface area contributed by atoms with Gasteiger partial charge in [0.25, 0.3) is 0 Å². The van der Waals surface area contributed by atoms with E-state index in [1.54, 1.807) is 35.9 Å². The molecule has 0 atom stereocenters. The van der Waals surface area contributed by atoms with E-state index in [1.807, 2.05) is 32.3 Å². The molecular formula is C22H27ClFN3O2S2. The summed E-state index contributed by atoms with van der Waals surface area (Å²) < 4.78 is 19.3. The van der Waals surface area contributed by atoms with Gasteiger partial charge in [-0.1, -0.05) is 11.3 Å². The highest BCUT2D eigenvalue weighted by atomic mass is 35.5. The van der Waals surface area contributed by atoms with Crippen molar-refractivity contribution >= 4 is 56.8 Å². The number of aromatic nitrogens is 1. The number of hydrogen-bond acceptors (Lipinski definition) is 6. The Morgan fingerprint density at radius 3 is 2.58 bits per heavy atom. The van der Waals surface area contributed by atoms with E-state index in [0.717, 1.165) is 44.7 Å². The average Bonchev–Trinajstić information content (AvgIpc) is 3.15. The molecule has 31 heavy (non-hydrogen) atoms. The minimum Gasteiger partial charge on any atom is -0.497 e. The van der Waals surface area contributed by atoms with Gasteiger partial charge in [-0.05, 0) is 68.7 Å². The number of thiazole rings is 1. The van der Waals surface area contributed by atoms with Gasteiger partial charge in [-0.15, -0.1) is 24.2 Å². The maximum absolute atomic E-state index is 13.0. The van der Waals surface area contributed by atoms with Crippen LogP contribution in [0, 0.1) is 5.82 Å². The topological polar surface area (TPSA) is 45.7 Å². The van der Waals surface area contributed by atoms with Crippen LogP contribution in [0.1, 0.15) is 12.8 Å². The number of ether oxygens (including phenoxy) is 1. The maximum atomic E-state index is 13.0. The molecule has 5 nitrogen and oxygen atoms in total. The molecule has 0 saturated heterocycles. The zero-order chi connectivity index (χ0) is 21.5. The summed E-state index contributed by atoms with van der Waals surface area (Å²) in [6, 6.07) is 12.2. The standard InChI is InChI=1S/C22H26FN3O2S2.ClH/c1-25(2)12-13-26(22-24-19-11-8-17(28-3)15-20(19)30-22)21(27)5-4-14-29-18-9-6-16(23)7-10-18;/h6-11,15H,4-5,12-14H2,1-3H3;1H. The monoisotopic (exact) mass is 483 g/mol. The maximum Gasteiger partial charge on any atom is 0.228 e. The predicted octanol–water partition coefficient (Wildman–Crippen LogP) is 5.33. The SMILES string of the molecule is COc1ccc2nc(N(CCN(C)C)C(=O)CCCSc3ccc(F)cc3)sc2c1.Cl. The van der Waals surface area contributed by atoms with Gasteiger partial charge in [0.05, 0.1) is 17.3 Å². The van der Waals surface area contributed by atoms with Gasteiger partial charge in [0, 0.05) is 24.4 Å². The summed E-state index contributed by atoms with van der Waals surface area (Å²) in [4.78, 5) is 22.5. The lowest BCUT2D eigenvalue weighted by Gasteiger charge is -2.22. The van der Waals surface area contributed by atoms with E-state index < -0.39 is 0 Å². The van der Waals surface area contributed by atoms with Crippen molar-refractivity contribution in [2.24, 2.45) is 0 Å². The summed E-state index contributed by atoms with van der Waals surface area (Å²) in [6.45, 7) is 1.35. The molecule has 0 N–H and O–H groups in total. The molecule has 0 radical (unpaired) electrons. The number of benzene rings is 2. The molecule has 1 amide bonds. The summed E-state index contributed by atoms with van der Waals surface area (Å²) in [5.41, 5.74) is 0.866. The molecule has 2 aromatic carbocycles. The molecule has 0 aliphatic rings. The molecule has 0 bridgehead atoms. The van der Waals surface area contributed by atoms with Crippen LogP contribution in [0.3, 0.4) is 0 Å². The molecule has 0 spiro atoms. The number of halogens is 2. The van der Waals surface area contributed by atoms with Crippen molar-refractivity contribution in [3.63, 3.8) is 0 Å². The summed E-state index contributed by atoms with van der Waals surface area (Å²) in [5.74, 6) is 1.42. The molecule has 9 heteroatoms. The second-order valence-electron chi connectivity index (χ2n) is 7.08. The first kappa shape index (κ1) is 25.4. The quantitative estimate of drug-likeness (QED) is 0.288. The van der Waals surface area contributed by atoms with Crippen LogP contribution in [-0.4, -0.2) is 55.8 Å². The highest BCUT2D eigenvalue weighted by Gasteiger charge is 2.20. The molecule has 168 valence electrons. The zero-order valence-electron chi connectivity index (χ0n) is 17.8. The Kier molecular flexibility index (Phi) is 10.0. The lowest BCUT2D eigenvalue weighted by molar-refractivity contribution is -0.118. The Labute approximate surface area is 197 Å². The Morgan fingerprint density at radius 2 is 1.90 bits per heavy atom. The fourth-order valence-corrected chi connectivity index (χ4v) is 4.73. The number of carbonyl (C=O) groups is 1. The van der Waals surface area contributed by atoms with E-state index in [-0.39, 0.29) is 24.1 Å². The molecule has 3 aromatic rings. The van der Waals surface area contributed by atoms with E-state index in [0.29, 0.717) is 13.0 Å². The molecule has 3 rings (SSSR count). The molecule has 0 saturated carbocycles. The average molecular weight is 484 g/mol. The van der Waals surface area contributed by atoms with Gasteiger partial charge >= 0.3 is 0 Å². The van der Waals surface area contributed by atoms with Crippen molar-refractivity contribution in [1.29, 1.82) is 0 Å². The zero-order valence-corrected chi connectivity index (χ0v) is 20.3. The van der Waals surface area contributed by atoms with Crippen molar-refractivity contribution in [1.82, 2.24) is 9.88 Å². The van der Waals surface area contributed by atoms with Crippen molar-refractivity contribution in [2.75, 3.05) is 44.9 Å². The molecule has 0 fully saturated rings. The molecule has 0 unspecified atom stereocenters. The number of anilines is 1. The van der Waals surface area contributed by atoms with Crippen molar-refractivity contribution in [3.05, 3.63) is 48.3 Å². The molecule has 1 aromatic heterocycles. The lowest BCUT2D eigenvalue weighted by atomic mass is 10.3. The van der Waals surface area contributed by atoms with Crippen LogP contribution in [0.2, 0.25) is 0 Å². The fraction of sp³-hybridized carbons (Fsp3) is 0.364. The van der Waals surface area contributed by atoms with E-state index in [2.05, 4.69) is 9.88 Å². The minimum atomic E-state index is -0.237. The van der Waals surface area contributed by atoms with Gasteiger partial charge in [-0.2, -0.15) is 0 Å². The second kappa shape index (κ2) is 12.2. The fourth-order valence-electron chi connectivity index (χ4n) is 2.84. The number of rotatable bonds is 10. The number of methoxy groups -OCH3 is 1. The number of hydrogen-bond donors (Lipinski definition) is 0. The largest absolute Gasteiger partial charge is 0.497 e. The van der Waals surface area contributed by atoms with E-state index in [1.165, 1.54) is 23.5 Å². The first-order chi connectivity index (χ1) is 14.5. The van der Waals surface area contributed by atoms with Crippen LogP contribution in [0.15, 0.2) is 47.4 Å². The Morgan fingerprint density at radius 1 is 1.16 bits per heavy atom. The van der Waals surface area contributed by atoms with E-state index >= 15 is 0 Å². The third-order valence-corrected chi connectivity index (χ3v) is 6.64. The van der Waals surface area contributed by atoms with Crippen LogP contribution < -0.4 is 9.64 Å². The lowest BCUT2D eigenvalue weighted by Crippen LogP contribution is -2.36. The van der Waals surface area contributed by atoms with Crippen LogP contribution in [0.25, 0.3) is 10.2 Å². The predicted molar refractivity (Wildman–Crippen MR) is 131 cm³/mol. The molecule has 1 heterocycles. The summed E-state index contributed by atoms with van der Waals surface area (Å²) in [5, 5.41) is 0.719. The smallest absolute Gasteiger partial charge is 0.228 e. The number of likely N-dealkylation sites (N-methyl/N-ethyl adjacent to an activating group) is 1. The van der Waals surface area contributed by atoms with Crippen molar-refractivity contribution in [3.8, 4) is 5.75 Å². The normalized spacial score (nSPS) is 10.9. The Bertz CT molecular complexity index is 983. The minimum absolute atomic E-state index is 0. The Hall–Kier alpha value is -1.87. The van der Waals surface area contributed by atoms with Gasteiger partial charge in [-0.3, -0.25) is 9.69 Å². The van der Waals surface area contributed by atoms with E-state index in [9.17, 15) is 9.18 Å². The highest BCUT2D eigenvalue weighted by molar-refractivity contribution is 7.99.